The van der Waals surface area contributed by atoms with Gasteiger partial charge in [-0.25, -0.2) is 18.6 Å². The van der Waals surface area contributed by atoms with Gasteiger partial charge in [0.05, 0.1) is 7.11 Å². The molecule has 6 heteroatoms. The minimum Gasteiger partial charge on any atom is -0.464 e. The number of carbonyl (C=O) groups excluding carboxylic acids is 1. The van der Waals surface area contributed by atoms with Gasteiger partial charge < -0.3 is 4.74 Å². The summed E-state index contributed by atoms with van der Waals surface area (Å²) in [6.45, 7) is 1.41. The first kappa shape index (κ1) is 12.8. The molecule has 1 aromatic heterocycles. The maximum absolute atomic E-state index is 12.6. The van der Waals surface area contributed by atoms with E-state index in [0.29, 0.717) is 0 Å². The van der Waals surface area contributed by atoms with Gasteiger partial charge in [-0.2, -0.15) is 0 Å². The van der Waals surface area contributed by atoms with E-state index >= 15 is 0 Å². The highest BCUT2D eigenvalue weighted by Crippen LogP contribution is 2.24. The zero-order valence-corrected chi connectivity index (χ0v) is 9.52. The zero-order chi connectivity index (χ0) is 12.3. The summed E-state index contributed by atoms with van der Waals surface area (Å²) >= 11 is 5.57. The van der Waals surface area contributed by atoms with Gasteiger partial charge in [0.1, 0.15) is 0 Å². The molecule has 0 radical (unpaired) electrons. The number of ether oxygens (including phenoxy) is 1. The Hall–Kier alpha value is -1.23. The number of nitrogens with zero attached hydrogens (tertiary/aromatic N) is 1. The number of pyridine rings is 1. The highest BCUT2D eigenvalue weighted by Gasteiger charge is 2.19. The van der Waals surface area contributed by atoms with Crippen LogP contribution < -0.4 is 0 Å². The van der Waals surface area contributed by atoms with Crippen molar-refractivity contribution in [3.05, 3.63) is 28.6 Å². The first-order valence-corrected chi connectivity index (χ1v) is 4.97. The van der Waals surface area contributed by atoms with Crippen LogP contribution in [0.5, 0.6) is 0 Å². The standard InChI is InChI=1S/C10H10ClF2NO2/c1-5-7(9(12)13)3-6(4-11)8(14-5)10(15)16-2/h3,9H,4H2,1-2H3. The Morgan fingerprint density at radius 2 is 2.25 bits per heavy atom. The molecule has 0 fully saturated rings. The van der Waals surface area contributed by atoms with Crippen LogP contribution in [0.25, 0.3) is 0 Å². The summed E-state index contributed by atoms with van der Waals surface area (Å²) < 4.78 is 29.6. The molecule has 0 aliphatic carbocycles. The summed E-state index contributed by atoms with van der Waals surface area (Å²) in [6.07, 6.45) is -2.64. The summed E-state index contributed by atoms with van der Waals surface area (Å²) in [5.41, 5.74) is 0.112. The predicted molar refractivity (Wildman–Crippen MR) is 54.8 cm³/mol. The maximum atomic E-state index is 12.6. The van der Waals surface area contributed by atoms with Gasteiger partial charge in [-0.3, -0.25) is 0 Å². The van der Waals surface area contributed by atoms with Crippen molar-refractivity contribution in [2.75, 3.05) is 7.11 Å². The molecule has 16 heavy (non-hydrogen) atoms. The normalized spacial score (nSPS) is 10.6. The summed E-state index contributed by atoms with van der Waals surface area (Å²) in [5.74, 6) is -0.753. The van der Waals surface area contributed by atoms with Crippen LogP contribution in [0, 0.1) is 6.92 Å². The molecule has 0 amide bonds. The van der Waals surface area contributed by atoms with Crippen LogP contribution in [0.1, 0.15) is 33.7 Å². The molecular formula is C10H10ClF2NO2. The molecule has 0 bridgehead atoms. The van der Waals surface area contributed by atoms with Gasteiger partial charge in [0.25, 0.3) is 6.43 Å². The Morgan fingerprint density at radius 1 is 1.62 bits per heavy atom. The molecule has 1 heterocycles. The minimum absolute atomic E-state index is 0.0144. The van der Waals surface area contributed by atoms with E-state index in [9.17, 15) is 13.6 Å². The Morgan fingerprint density at radius 3 is 2.69 bits per heavy atom. The number of hydrogen-bond acceptors (Lipinski definition) is 3. The van der Waals surface area contributed by atoms with E-state index in [2.05, 4.69) is 9.72 Å². The highest BCUT2D eigenvalue weighted by atomic mass is 35.5. The lowest BCUT2D eigenvalue weighted by atomic mass is 10.1. The van der Waals surface area contributed by atoms with Crippen molar-refractivity contribution in [3.63, 3.8) is 0 Å². The molecule has 0 unspecified atom stereocenters. The monoisotopic (exact) mass is 249 g/mol. The average Bonchev–Trinajstić information content (AvgIpc) is 2.27. The van der Waals surface area contributed by atoms with Crippen molar-refractivity contribution in [2.24, 2.45) is 0 Å². The molecule has 0 spiro atoms. The number of alkyl halides is 3. The van der Waals surface area contributed by atoms with Gasteiger partial charge in [-0.05, 0) is 13.0 Å². The topological polar surface area (TPSA) is 39.2 Å². The van der Waals surface area contributed by atoms with Crippen LogP contribution in [0.15, 0.2) is 6.07 Å². The first-order valence-electron chi connectivity index (χ1n) is 4.44. The SMILES string of the molecule is COC(=O)c1nc(C)c(C(F)F)cc1CCl. The van der Waals surface area contributed by atoms with Crippen molar-refractivity contribution in [3.8, 4) is 0 Å². The third-order valence-electron chi connectivity index (χ3n) is 2.09. The molecule has 0 aromatic carbocycles. The van der Waals surface area contributed by atoms with Crippen LogP contribution in [-0.2, 0) is 10.6 Å². The highest BCUT2D eigenvalue weighted by molar-refractivity contribution is 6.17. The lowest BCUT2D eigenvalue weighted by Crippen LogP contribution is -2.10. The second kappa shape index (κ2) is 5.21. The fraction of sp³-hybridized carbons (Fsp3) is 0.400. The largest absolute Gasteiger partial charge is 0.464 e. The molecule has 0 aliphatic heterocycles. The lowest BCUT2D eigenvalue weighted by molar-refractivity contribution is 0.0592. The minimum atomic E-state index is -2.64. The van der Waals surface area contributed by atoms with E-state index in [1.54, 1.807) is 0 Å². The fourth-order valence-electron chi connectivity index (χ4n) is 1.26. The summed E-state index contributed by atoms with van der Waals surface area (Å²) in [4.78, 5) is 15.1. The number of aromatic nitrogens is 1. The molecule has 1 rings (SSSR count). The molecule has 88 valence electrons. The van der Waals surface area contributed by atoms with Gasteiger partial charge in [-0.15, -0.1) is 11.6 Å². The molecule has 0 N–H and O–H groups in total. The smallest absolute Gasteiger partial charge is 0.356 e. The Bertz CT molecular complexity index is 410. The molecule has 0 aliphatic rings. The van der Waals surface area contributed by atoms with Crippen molar-refractivity contribution < 1.29 is 18.3 Å². The quantitative estimate of drug-likeness (QED) is 0.611. The van der Waals surface area contributed by atoms with Crippen LogP contribution in [0.4, 0.5) is 8.78 Å². The van der Waals surface area contributed by atoms with Crippen LogP contribution >= 0.6 is 11.6 Å². The molecular weight excluding hydrogens is 240 g/mol. The van der Waals surface area contributed by atoms with Crippen molar-refractivity contribution in [1.82, 2.24) is 4.98 Å². The van der Waals surface area contributed by atoms with Crippen LogP contribution in [0.2, 0.25) is 0 Å². The Labute approximate surface area is 96.4 Å². The Balaban J connectivity index is 3.32. The zero-order valence-electron chi connectivity index (χ0n) is 8.76. The van der Waals surface area contributed by atoms with E-state index in [4.69, 9.17) is 11.6 Å². The average molecular weight is 250 g/mol. The third-order valence-corrected chi connectivity index (χ3v) is 2.38. The van der Waals surface area contributed by atoms with Gasteiger partial charge in [-0.1, -0.05) is 0 Å². The van der Waals surface area contributed by atoms with Gasteiger partial charge >= 0.3 is 5.97 Å². The van der Waals surface area contributed by atoms with E-state index in [0.717, 1.165) is 0 Å². The summed E-state index contributed by atoms with van der Waals surface area (Å²) in [7, 11) is 1.19. The third kappa shape index (κ3) is 2.47. The molecule has 0 saturated carbocycles. The number of aryl methyl sites for hydroxylation is 1. The number of rotatable bonds is 3. The number of carbonyl (C=O) groups is 1. The maximum Gasteiger partial charge on any atom is 0.356 e. The van der Waals surface area contributed by atoms with E-state index < -0.39 is 12.4 Å². The van der Waals surface area contributed by atoms with Gasteiger partial charge in [0, 0.05) is 22.7 Å². The van der Waals surface area contributed by atoms with Crippen molar-refractivity contribution in [1.29, 1.82) is 0 Å². The van der Waals surface area contributed by atoms with E-state index in [1.807, 2.05) is 0 Å². The van der Waals surface area contributed by atoms with Crippen LogP contribution in [0.3, 0.4) is 0 Å². The van der Waals surface area contributed by atoms with E-state index in [1.165, 1.54) is 20.1 Å². The van der Waals surface area contributed by atoms with Crippen LogP contribution in [-0.4, -0.2) is 18.1 Å². The van der Waals surface area contributed by atoms with Crippen molar-refractivity contribution in [2.45, 2.75) is 19.2 Å². The fourth-order valence-corrected chi connectivity index (χ4v) is 1.46. The van der Waals surface area contributed by atoms with E-state index in [-0.39, 0.29) is 28.4 Å². The molecule has 0 atom stereocenters. The summed E-state index contributed by atoms with van der Waals surface area (Å²) in [6, 6.07) is 1.19. The van der Waals surface area contributed by atoms with Crippen molar-refractivity contribution >= 4 is 17.6 Å². The molecule has 0 saturated heterocycles. The first-order chi connectivity index (χ1) is 7.51. The molecule has 3 nitrogen and oxygen atoms in total. The summed E-state index contributed by atoms with van der Waals surface area (Å²) in [5, 5.41) is 0. The second-order valence-electron chi connectivity index (χ2n) is 3.10. The second-order valence-corrected chi connectivity index (χ2v) is 3.36. The lowest BCUT2D eigenvalue weighted by Gasteiger charge is -2.10. The predicted octanol–water partition coefficient (Wildman–Crippen LogP) is 2.85. The number of esters is 1. The number of halogens is 3. The number of hydrogen-bond donors (Lipinski definition) is 0. The Kier molecular flexibility index (Phi) is 4.18. The van der Waals surface area contributed by atoms with Gasteiger partial charge in [0.15, 0.2) is 5.69 Å². The van der Waals surface area contributed by atoms with Gasteiger partial charge in [0.2, 0.25) is 0 Å². The molecule has 1 aromatic rings. The number of methoxy groups -OCH3 is 1.